The summed E-state index contributed by atoms with van der Waals surface area (Å²) >= 11 is 0.999. The molecular weight excluding hydrogens is 1050 g/mol. The highest BCUT2D eigenvalue weighted by atomic mass is 32.2. The molecule has 3 aromatic rings. The van der Waals surface area contributed by atoms with Gasteiger partial charge in [-0.25, -0.2) is 33.4 Å². The van der Waals surface area contributed by atoms with Crippen LogP contribution in [0.3, 0.4) is 0 Å². The van der Waals surface area contributed by atoms with Gasteiger partial charge in [0, 0.05) is 41.8 Å². The number of anilines is 1. The van der Waals surface area contributed by atoms with E-state index in [-0.39, 0.29) is 65.3 Å². The fraction of sp³-hybridized carbons (Fsp3) is 0.537. The van der Waals surface area contributed by atoms with Crippen LogP contribution in [0.4, 0.5) is 5.82 Å². The SMILES string of the molecule is COc1c(C)c2c(c(O)c1C/C=C(\C)CC/C=C(\C)C(=O)SCCNC(=O)CCNC(=O)[C@H](O)C(C)(C)COP(=O)(O)OP(=O)(O)OC[C@H]1O[C@@H](n3cnc4c(N)ncnc43)[C@H](O)[C@@H]1OP(=O)(O)O)C(=O)OC2. The van der Waals surface area contributed by atoms with Crippen LogP contribution in [0.5, 0.6) is 11.5 Å². The minimum absolute atomic E-state index is 0.0191. The maximum absolute atomic E-state index is 12.8. The van der Waals surface area contributed by atoms with Gasteiger partial charge in [0.2, 0.25) is 16.9 Å². The molecule has 0 radical (unpaired) electrons. The van der Waals surface area contributed by atoms with E-state index in [0.29, 0.717) is 41.7 Å². The predicted octanol–water partition coefficient (Wildman–Crippen LogP) is 2.27. The number of phenolic OH excluding ortho intramolecular Hbond substituents is 1. The summed E-state index contributed by atoms with van der Waals surface area (Å²) in [4.78, 5) is 101. The zero-order valence-electron chi connectivity index (χ0n) is 40.2. The lowest BCUT2D eigenvalue weighted by Gasteiger charge is -2.30. The number of aliphatic hydroxyl groups is 2. The average Bonchev–Trinajstić information content (AvgIpc) is 4.01. The third-order valence-electron chi connectivity index (χ3n) is 11.3. The molecule has 2 unspecified atom stereocenters. The third-order valence-corrected chi connectivity index (χ3v) is 15.4. The fourth-order valence-corrected chi connectivity index (χ4v) is 10.9. The number of hydrogen-bond donors (Lipinski definition) is 10. The van der Waals surface area contributed by atoms with E-state index in [9.17, 15) is 67.8 Å². The first-order chi connectivity index (χ1) is 34.1. The van der Waals surface area contributed by atoms with Crippen molar-refractivity contribution in [3.8, 4) is 11.5 Å². The zero-order chi connectivity index (χ0) is 54.2. The minimum Gasteiger partial charge on any atom is -0.507 e. The number of allylic oxidation sites excluding steroid dienone is 3. The lowest BCUT2D eigenvalue weighted by molar-refractivity contribution is -0.137. The van der Waals surface area contributed by atoms with Crippen LogP contribution in [0.15, 0.2) is 36.0 Å². The Hall–Kier alpha value is -4.67. The van der Waals surface area contributed by atoms with Crippen LogP contribution < -0.4 is 21.1 Å². The number of carbonyl (C=O) groups excluding carboxylic acids is 4. The molecule has 2 amide bonds. The van der Waals surface area contributed by atoms with Gasteiger partial charge < -0.3 is 65.5 Å². The van der Waals surface area contributed by atoms with E-state index >= 15 is 0 Å². The van der Waals surface area contributed by atoms with Crippen LogP contribution >= 0.6 is 35.2 Å². The van der Waals surface area contributed by atoms with Gasteiger partial charge in [0.15, 0.2) is 17.7 Å². The van der Waals surface area contributed by atoms with Gasteiger partial charge >= 0.3 is 29.4 Å². The standard InChI is InChI=1S/C41H58N7O21P3S/c1-21(10-11-24-30(50)28-25(16-64-39(28)54)23(3)32(24)63-6)8-7-9-22(2)40(55)73-15-14-43-27(49)12-13-44-37(53)34(52)41(4,5)18-66-72(61,62)69-71(59,60)65-17-26-33(68-70(56,57)58)31(51)38(67-26)48-20-47-29-35(42)45-19-46-36(29)48/h9-10,19-20,26,31,33-34,38,50-52H,7-8,11-18H2,1-6H3,(H,43,49)(H,44,53)(H,59,60)(H,61,62)(H2,42,45,46)(H2,56,57,58)/b21-10+,22-9+/t26-,31-,33-,34+,38-/m1/s1. The van der Waals surface area contributed by atoms with Gasteiger partial charge in [0.1, 0.15) is 59.9 Å². The number of methoxy groups -OCH3 is 1. The second kappa shape index (κ2) is 24.8. The van der Waals surface area contributed by atoms with Crippen LogP contribution in [0.25, 0.3) is 11.2 Å². The van der Waals surface area contributed by atoms with Crippen molar-refractivity contribution in [2.75, 3.05) is 44.9 Å². The first kappa shape index (κ1) is 59.2. The molecule has 11 N–H and O–H groups in total. The number of carbonyl (C=O) groups is 4. The molecule has 0 bridgehead atoms. The number of nitrogen functional groups attached to an aromatic ring is 1. The quantitative estimate of drug-likeness (QED) is 0.0181. The Morgan fingerprint density at radius 3 is 2.42 bits per heavy atom. The molecule has 2 aliphatic rings. The number of ether oxygens (including phenoxy) is 3. The summed E-state index contributed by atoms with van der Waals surface area (Å²) in [7, 11) is -15.0. The highest BCUT2D eigenvalue weighted by Gasteiger charge is 2.50. The van der Waals surface area contributed by atoms with Gasteiger partial charge in [-0.05, 0) is 51.2 Å². The highest BCUT2D eigenvalue weighted by Crippen LogP contribution is 2.61. The van der Waals surface area contributed by atoms with E-state index in [4.69, 9.17) is 29.0 Å². The van der Waals surface area contributed by atoms with E-state index in [0.717, 1.165) is 40.1 Å². The number of rotatable bonds is 26. The van der Waals surface area contributed by atoms with E-state index in [1.54, 1.807) is 19.9 Å². The smallest absolute Gasteiger partial charge is 0.481 e. The van der Waals surface area contributed by atoms with Gasteiger partial charge in [-0.3, -0.25) is 32.5 Å². The number of esters is 1. The lowest BCUT2D eigenvalue weighted by atomic mass is 9.87. The number of amides is 2. The largest absolute Gasteiger partial charge is 0.507 e. The summed E-state index contributed by atoms with van der Waals surface area (Å²) in [6, 6.07) is 0. The number of nitrogens with zero attached hydrogens (tertiary/aromatic N) is 4. The maximum atomic E-state index is 12.8. The number of nitrogens with one attached hydrogen (secondary N) is 2. The molecule has 4 heterocycles. The van der Waals surface area contributed by atoms with E-state index in [1.165, 1.54) is 21.0 Å². The van der Waals surface area contributed by atoms with Crippen LogP contribution in [-0.2, 0) is 68.5 Å². The van der Waals surface area contributed by atoms with Gasteiger partial charge in [-0.1, -0.05) is 43.3 Å². The van der Waals surface area contributed by atoms with Gasteiger partial charge in [-0.2, -0.15) is 4.31 Å². The Bertz CT molecular complexity index is 2770. The number of aromatic nitrogens is 4. The summed E-state index contributed by atoms with van der Waals surface area (Å²) < 4.78 is 73.1. The molecule has 1 aromatic carbocycles. The molecule has 2 aromatic heterocycles. The lowest BCUT2D eigenvalue weighted by Crippen LogP contribution is -2.46. The number of phosphoric ester groups is 3. The highest BCUT2D eigenvalue weighted by molar-refractivity contribution is 8.14. The zero-order valence-corrected chi connectivity index (χ0v) is 43.7. The number of nitrogens with two attached hydrogens (primary N) is 1. The van der Waals surface area contributed by atoms with E-state index in [1.807, 2.05) is 13.0 Å². The molecule has 0 saturated carbocycles. The summed E-state index contributed by atoms with van der Waals surface area (Å²) in [5.74, 6) is -1.55. The van der Waals surface area contributed by atoms with Gasteiger partial charge in [0.05, 0.1) is 26.7 Å². The number of fused-ring (bicyclic) bond motifs is 2. The predicted molar refractivity (Wildman–Crippen MR) is 256 cm³/mol. The molecule has 32 heteroatoms. The second-order valence-electron chi connectivity index (χ2n) is 17.3. The molecule has 7 atom stereocenters. The maximum Gasteiger partial charge on any atom is 0.481 e. The van der Waals surface area contributed by atoms with Crippen LogP contribution in [0.1, 0.15) is 80.2 Å². The Kier molecular flexibility index (Phi) is 20.1. The normalized spacial score (nSPS) is 20.5. The van der Waals surface area contributed by atoms with E-state index < -0.39 is 90.5 Å². The van der Waals surface area contributed by atoms with Gasteiger partial charge in [-0.15, -0.1) is 0 Å². The Balaban J connectivity index is 0.991. The molecule has 2 aliphatic heterocycles. The molecular formula is C41H58N7O21P3S. The first-order valence-electron chi connectivity index (χ1n) is 22.0. The number of imidazole rings is 1. The van der Waals surface area contributed by atoms with Gasteiger partial charge in [0.25, 0.3) is 0 Å². The number of thioether (sulfide) groups is 1. The molecule has 0 spiro atoms. The average molecular weight is 1110 g/mol. The van der Waals surface area contributed by atoms with E-state index in [2.05, 4.69) is 34.4 Å². The second-order valence-corrected chi connectivity index (χ2v) is 22.6. The van der Waals surface area contributed by atoms with Crippen molar-refractivity contribution in [3.63, 3.8) is 0 Å². The topological polar surface area (TPSA) is 419 Å². The number of cyclic esters (lactones) is 1. The first-order valence-corrected chi connectivity index (χ1v) is 27.5. The number of aromatic hydroxyl groups is 1. The number of phenols is 1. The van der Waals surface area contributed by atoms with Crippen molar-refractivity contribution in [2.24, 2.45) is 5.41 Å². The summed E-state index contributed by atoms with van der Waals surface area (Å²) in [5, 5.41) is 37.2. The summed E-state index contributed by atoms with van der Waals surface area (Å²) in [6.07, 6.45) is -1.90. The summed E-state index contributed by atoms with van der Waals surface area (Å²) in [5.41, 5.74) is 7.69. The van der Waals surface area contributed by atoms with Crippen molar-refractivity contribution in [1.82, 2.24) is 30.2 Å². The third kappa shape index (κ3) is 15.7. The van der Waals surface area contributed by atoms with Crippen molar-refractivity contribution < 1.29 is 99.9 Å². The minimum atomic E-state index is -5.61. The Labute approximate surface area is 421 Å². The van der Waals surface area contributed by atoms with Crippen LogP contribution in [0, 0.1) is 12.3 Å². The molecule has 1 fully saturated rings. The van der Waals surface area contributed by atoms with Crippen molar-refractivity contribution in [3.05, 3.63) is 58.2 Å². The number of aliphatic hydroxyl groups excluding tert-OH is 2. The number of benzene rings is 1. The number of hydrogen-bond acceptors (Lipinski definition) is 22. The Morgan fingerprint density at radius 2 is 1.74 bits per heavy atom. The van der Waals surface area contributed by atoms with Crippen LogP contribution in [-0.4, -0.2) is 141 Å². The molecule has 5 rings (SSSR count). The van der Waals surface area contributed by atoms with Crippen molar-refractivity contribution in [1.29, 1.82) is 0 Å². The monoisotopic (exact) mass is 1110 g/mol. The molecule has 0 aliphatic carbocycles. The van der Waals surface area contributed by atoms with Crippen molar-refractivity contribution >= 4 is 75.1 Å². The molecule has 28 nitrogen and oxygen atoms in total. The number of phosphoric acid groups is 3. The summed E-state index contributed by atoms with van der Waals surface area (Å²) in [6.45, 7) is 5.76. The molecule has 404 valence electrons. The van der Waals surface area contributed by atoms with Crippen molar-refractivity contribution in [2.45, 2.75) is 97.6 Å². The Morgan fingerprint density at radius 1 is 1.04 bits per heavy atom. The fourth-order valence-electron chi connectivity index (χ4n) is 7.39. The molecule has 1 saturated heterocycles. The molecule has 73 heavy (non-hydrogen) atoms. The van der Waals surface area contributed by atoms with Crippen LogP contribution in [0.2, 0.25) is 0 Å².